The van der Waals surface area contributed by atoms with Crippen molar-refractivity contribution in [2.75, 3.05) is 0 Å². The van der Waals surface area contributed by atoms with E-state index in [1.165, 1.54) is 0 Å². The summed E-state index contributed by atoms with van der Waals surface area (Å²) in [5.74, 6) is -2.52. The first-order chi connectivity index (χ1) is 3.96. The van der Waals surface area contributed by atoms with Gasteiger partial charge in [0.25, 0.3) is 5.92 Å². The molecule has 0 heterocycles. The van der Waals surface area contributed by atoms with Crippen molar-refractivity contribution < 1.29 is 8.78 Å². The summed E-state index contributed by atoms with van der Waals surface area (Å²) in [6, 6.07) is 0. The molecule has 0 atom stereocenters. The van der Waals surface area contributed by atoms with E-state index in [4.69, 9.17) is 0 Å². The van der Waals surface area contributed by atoms with Crippen molar-refractivity contribution in [2.45, 2.75) is 26.2 Å². The van der Waals surface area contributed by atoms with Gasteiger partial charge >= 0.3 is 0 Å². The lowest BCUT2D eigenvalue weighted by Gasteiger charge is -2.25. The molecule has 0 unspecified atom stereocenters. The van der Waals surface area contributed by atoms with Crippen molar-refractivity contribution >= 4 is 0 Å². The summed E-state index contributed by atoms with van der Waals surface area (Å²) in [4.78, 5) is 0. The summed E-state index contributed by atoms with van der Waals surface area (Å²) in [6.45, 7) is 3.10. The lowest BCUT2D eigenvalue weighted by atomic mass is 9.89. The predicted molar refractivity (Wildman–Crippen MR) is 32.5 cm³/mol. The van der Waals surface area contributed by atoms with Crippen LogP contribution in [0.5, 0.6) is 0 Å². The molecule has 0 spiro atoms. The SMILES string of the molecule is CC1(C)C=CCC1(F)F. The molecule has 9 heavy (non-hydrogen) atoms. The van der Waals surface area contributed by atoms with Crippen LogP contribution in [0.4, 0.5) is 8.78 Å². The Morgan fingerprint density at radius 1 is 1.33 bits per heavy atom. The first-order valence-corrected chi connectivity index (χ1v) is 3.01. The van der Waals surface area contributed by atoms with Crippen LogP contribution in [0.3, 0.4) is 0 Å². The highest BCUT2D eigenvalue weighted by atomic mass is 19.3. The summed E-state index contributed by atoms with van der Waals surface area (Å²) in [6.07, 6.45) is 3.02. The van der Waals surface area contributed by atoms with E-state index >= 15 is 0 Å². The Morgan fingerprint density at radius 2 is 1.89 bits per heavy atom. The van der Waals surface area contributed by atoms with Crippen molar-refractivity contribution in [3.8, 4) is 0 Å². The predicted octanol–water partition coefficient (Wildman–Crippen LogP) is 2.61. The van der Waals surface area contributed by atoms with Gasteiger partial charge in [-0.15, -0.1) is 0 Å². The van der Waals surface area contributed by atoms with Gasteiger partial charge in [0.2, 0.25) is 0 Å². The van der Waals surface area contributed by atoms with E-state index < -0.39 is 11.3 Å². The molecule has 0 saturated heterocycles. The van der Waals surface area contributed by atoms with Gasteiger partial charge in [-0.1, -0.05) is 26.0 Å². The first kappa shape index (κ1) is 6.72. The molecular weight excluding hydrogens is 122 g/mol. The number of alkyl halides is 2. The minimum atomic E-state index is -2.52. The van der Waals surface area contributed by atoms with Gasteiger partial charge in [0.1, 0.15) is 0 Å². The lowest BCUT2D eigenvalue weighted by Crippen LogP contribution is -2.30. The third kappa shape index (κ3) is 0.865. The fourth-order valence-corrected chi connectivity index (χ4v) is 0.887. The average molecular weight is 132 g/mol. The van der Waals surface area contributed by atoms with Crippen LogP contribution in [-0.2, 0) is 0 Å². The van der Waals surface area contributed by atoms with Crippen LogP contribution in [-0.4, -0.2) is 5.92 Å². The molecule has 0 N–H and O–H groups in total. The molecule has 0 amide bonds. The summed E-state index contributed by atoms with van der Waals surface area (Å²) in [7, 11) is 0. The first-order valence-electron chi connectivity index (χ1n) is 3.01. The van der Waals surface area contributed by atoms with Gasteiger partial charge in [-0.05, 0) is 0 Å². The van der Waals surface area contributed by atoms with Crippen LogP contribution in [0.2, 0.25) is 0 Å². The molecule has 0 radical (unpaired) electrons. The zero-order valence-electron chi connectivity index (χ0n) is 5.62. The minimum Gasteiger partial charge on any atom is -0.206 e. The molecule has 1 aliphatic rings. The molecule has 2 heteroatoms. The second-order valence-electron chi connectivity index (χ2n) is 3.03. The third-order valence-corrected chi connectivity index (χ3v) is 1.85. The highest BCUT2D eigenvalue weighted by molar-refractivity contribution is 5.11. The highest BCUT2D eigenvalue weighted by Crippen LogP contribution is 2.44. The largest absolute Gasteiger partial charge is 0.259 e. The van der Waals surface area contributed by atoms with Crippen molar-refractivity contribution in [3.05, 3.63) is 12.2 Å². The Bertz CT molecular complexity index is 145. The van der Waals surface area contributed by atoms with E-state index in [0.717, 1.165) is 0 Å². The Labute approximate surface area is 53.6 Å². The molecule has 1 rings (SSSR count). The summed E-state index contributed by atoms with van der Waals surface area (Å²) in [5.41, 5.74) is -0.924. The molecular formula is C7H10F2. The Hall–Kier alpha value is -0.400. The Kier molecular flexibility index (Phi) is 1.16. The quantitative estimate of drug-likeness (QED) is 0.444. The Morgan fingerprint density at radius 3 is 2.00 bits per heavy atom. The average Bonchev–Trinajstić information content (AvgIpc) is 1.81. The zero-order chi connectivity index (χ0) is 7.12. The standard InChI is InChI=1S/C7H10F2/c1-6(2)4-3-5-7(6,8)9/h3-4H,5H2,1-2H3. The molecule has 0 nitrogen and oxygen atoms in total. The van der Waals surface area contributed by atoms with Gasteiger partial charge in [0.05, 0.1) is 0 Å². The van der Waals surface area contributed by atoms with Gasteiger partial charge in [-0.25, -0.2) is 8.78 Å². The van der Waals surface area contributed by atoms with Crippen LogP contribution in [0.1, 0.15) is 20.3 Å². The summed E-state index contributed by atoms with van der Waals surface area (Å²) < 4.78 is 25.3. The topological polar surface area (TPSA) is 0 Å². The molecule has 0 fully saturated rings. The van der Waals surface area contributed by atoms with Gasteiger partial charge in [0, 0.05) is 11.8 Å². The van der Waals surface area contributed by atoms with Crippen LogP contribution in [0.15, 0.2) is 12.2 Å². The van der Waals surface area contributed by atoms with Gasteiger partial charge < -0.3 is 0 Å². The molecule has 0 saturated carbocycles. The minimum absolute atomic E-state index is 0.0972. The van der Waals surface area contributed by atoms with Crippen LogP contribution >= 0.6 is 0 Å². The zero-order valence-corrected chi connectivity index (χ0v) is 5.62. The number of hydrogen-bond acceptors (Lipinski definition) is 0. The number of rotatable bonds is 0. The van der Waals surface area contributed by atoms with E-state index in [0.29, 0.717) is 0 Å². The van der Waals surface area contributed by atoms with Crippen molar-refractivity contribution in [3.63, 3.8) is 0 Å². The maximum Gasteiger partial charge on any atom is 0.259 e. The normalized spacial score (nSPS) is 28.9. The summed E-state index contributed by atoms with van der Waals surface area (Å²) >= 11 is 0. The van der Waals surface area contributed by atoms with Gasteiger partial charge in [0.15, 0.2) is 0 Å². The smallest absolute Gasteiger partial charge is 0.206 e. The summed E-state index contributed by atoms with van der Waals surface area (Å²) in [5, 5.41) is 0. The maximum atomic E-state index is 12.7. The third-order valence-electron chi connectivity index (χ3n) is 1.85. The van der Waals surface area contributed by atoms with Crippen molar-refractivity contribution in [1.29, 1.82) is 0 Å². The second kappa shape index (κ2) is 1.55. The van der Waals surface area contributed by atoms with E-state index in [2.05, 4.69) is 0 Å². The van der Waals surface area contributed by atoms with Crippen molar-refractivity contribution in [2.24, 2.45) is 5.41 Å². The molecule has 0 bridgehead atoms. The van der Waals surface area contributed by atoms with E-state index in [9.17, 15) is 8.78 Å². The maximum absolute atomic E-state index is 12.7. The highest BCUT2D eigenvalue weighted by Gasteiger charge is 2.46. The second-order valence-corrected chi connectivity index (χ2v) is 3.03. The molecule has 0 aliphatic heterocycles. The Balaban J connectivity index is 2.84. The van der Waals surface area contributed by atoms with Crippen LogP contribution in [0, 0.1) is 5.41 Å². The van der Waals surface area contributed by atoms with Crippen molar-refractivity contribution in [1.82, 2.24) is 0 Å². The molecule has 1 aliphatic carbocycles. The molecule has 0 aromatic rings. The van der Waals surface area contributed by atoms with Crippen LogP contribution < -0.4 is 0 Å². The van der Waals surface area contributed by atoms with Gasteiger partial charge in [-0.2, -0.15) is 0 Å². The fraction of sp³-hybridized carbons (Fsp3) is 0.714. The number of allylic oxidation sites excluding steroid dienone is 2. The van der Waals surface area contributed by atoms with E-state index in [1.54, 1.807) is 26.0 Å². The number of halogens is 2. The molecule has 0 aromatic carbocycles. The number of hydrogen-bond donors (Lipinski definition) is 0. The monoisotopic (exact) mass is 132 g/mol. The van der Waals surface area contributed by atoms with E-state index in [1.807, 2.05) is 0 Å². The van der Waals surface area contributed by atoms with E-state index in [-0.39, 0.29) is 6.42 Å². The van der Waals surface area contributed by atoms with Crippen LogP contribution in [0.25, 0.3) is 0 Å². The molecule has 0 aromatic heterocycles. The fourth-order valence-electron chi connectivity index (χ4n) is 0.887. The van der Waals surface area contributed by atoms with Gasteiger partial charge in [-0.3, -0.25) is 0 Å². The lowest BCUT2D eigenvalue weighted by molar-refractivity contribution is -0.0680. The molecule has 52 valence electrons.